The van der Waals surface area contributed by atoms with E-state index in [1.807, 2.05) is 42.6 Å². The van der Waals surface area contributed by atoms with Gasteiger partial charge in [0.05, 0.1) is 5.69 Å². The first-order chi connectivity index (χ1) is 10.0. The second-order valence-electron chi connectivity index (χ2n) is 5.31. The molecule has 3 heteroatoms. The first-order valence-corrected chi connectivity index (χ1v) is 7.06. The minimum atomic E-state index is -0.0679. The maximum atomic E-state index is 10.9. The normalized spacial score (nSPS) is 11.0. The molecule has 2 rings (SSSR count). The quantitative estimate of drug-likeness (QED) is 0.822. The Morgan fingerprint density at radius 2 is 1.67 bits per heavy atom. The Morgan fingerprint density at radius 1 is 1.05 bits per heavy atom. The lowest BCUT2D eigenvalue weighted by Crippen LogP contribution is -2.05. The Balaban J connectivity index is 2.05. The minimum Gasteiger partial charge on any atom is -0.326 e. The number of nitrogens with one attached hydrogen (secondary N) is 1. The number of nitrogens with zero attached hydrogens (tertiary/aromatic N) is 1. The molecule has 21 heavy (non-hydrogen) atoms. The van der Waals surface area contributed by atoms with E-state index in [0.29, 0.717) is 5.92 Å². The maximum absolute atomic E-state index is 10.9. The van der Waals surface area contributed by atoms with Crippen molar-refractivity contribution >= 4 is 23.5 Å². The maximum Gasteiger partial charge on any atom is 0.221 e. The van der Waals surface area contributed by atoms with E-state index < -0.39 is 0 Å². The second-order valence-corrected chi connectivity index (χ2v) is 5.31. The molecule has 3 nitrogen and oxygen atoms in total. The van der Waals surface area contributed by atoms with E-state index in [0.717, 1.165) is 16.9 Å². The molecule has 0 bridgehead atoms. The Kier molecular flexibility index (Phi) is 4.88. The summed E-state index contributed by atoms with van der Waals surface area (Å²) in [7, 11) is 0. The van der Waals surface area contributed by atoms with Crippen molar-refractivity contribution in [2.24, 2.45) is 4.99 Å². The number of hydrogen-bond acceptors (Lipinski definition) is 2. The van der Waals surface area contributed by atoms with Crippen LogP contribution in [0.1, 0.15) is 37.8 Å². The van der Waals surface area contributed by atoms with E-state index in [2.05, 4.69) is 36.3 Å². The lowest BCUT2D eigenvalue weighted by Gasteiger charge is -2.04. The molecular formula is C18H20N2O. The Morgan fingerprint density at radius 3 is 2.19 bits per heavy atom. The topological polar surface area (TPSA) is 41.5 Å². The van der Waals surface area contributed by atoms with Crippen LogP contribution in [0.4, 0.5) is 11.4 Å². The minimum absolute atomic E-state index is 0.0679. The number of carbonyl (C=O) groups excluding carboxylic acids is 1. The molecule has 0 aromatic heterocycles. The van der Waals surface area contributed by atoms with Crippen LogP contribution in [0, 0.1) is 0 Å². The van der Waals surface area contributed by atoms with Gasteiger partial charge >= 0.3 is 0 Å². The van der Waals surface area contributed by atoms with Crippen LogP contribution >= 0.6 is 0 Å². The van der Waals surface area contributed by atoms with Crippen LogP contribution in [0.15, 0.2) is 53.5 Å². The molecule has 0 aliphatic rings. The summed E-state index contributed by atoms with van der Waals surface area (Å²) in [5.41, 5.74) is 4.04. The van der Waals surface area contributed by atoms with Crippen LogP contribution in [0.3, 0.4) is 0 Å². The zero-order valence-electron chi connectivity index (χ0n) is 12.6. The van der Waals surface area contributed by atoms with Gasteiger partial charge in [0.1, 0.15) is 0 Å². The third-order valence-electron chi connectivity index (χ3n) is 3.15. The molecule has 2 aromatic rings. The van der Waals surface area contributed by atoms with Gasteiger partial charge in [0, 0.05) is 18.8 Å². The summed E-state index contributed by atoms with van der Waals surface area (Å²) in [6, 6.07) is 15.9. The number of anilines is 1. The lowest BCUT2D eigenvalue weighted by atomic mass is 10.0. The van der Waals surface area contributed by atoms with Gasteiger partial charge in [-0.15, -0.1) is 0 Å². The predicted molar refractivity (Wildman–Crippen MR) is 88.5 cm³/mol. The highest BCUT2D eigenvalue weighted by molar-refractivity contribution is 5.89. The van der Waals surface area contributed by atoms with Crippen molar-refractivity contribution < 1.29 is 4.79 Å². The Hall–Kier alpha value is -2.42. The monoisotopic (exact) mass is 280 g/mol. The molecule has 0 saturated heterocycles. The fourth-order valence-electron chi connectivity index (χ4n) is 1.95. The van der Waals surface area contributed by atoms with Crippen molar-refractivity contribution in [3.8, 4) is 0 Å². The standard InChI is InChI=1S/C18H20N2O/c1-13(2)16-6-10-17(11-7-16)19-12-15-4-8-18(9-5-15)20-14(3)21/h4-13H,1-3H3,(H,20,21). The summed E-state index contributed by atoms with van der Waals surface area (Å²) >= 11 is 0. The van der Waals surface area contributed by atoms with E-state index in [4.69, 9.17) is 0 Å². The fourth-order valence-corrected chi connectivity index (χ4v) is 1.95. The molecule has 0 radical (unpaired) electrons. The summed E-state index contributed by atoms with van der Waals surface area (Å²) in [4.78, 5) is 15.4. The Labute approximate surface area is 125 Å². The van der Waals surface area contributed by atoms with Crippen LogP contribution < -0.4 is 5.32 Å². The van der Waals surface area contributed by atoms with E-state index in [9.17, 15) is 4.79 Å². The van der Waals surface area contributed by atoms with Gasteiger partial charge in [-0.2, -0.15) is 0 Å². The van der Waals surface area contributed by atoms with Crippen LogP contribution in [-0.4, -0.2) is 12.1 Å². The smallest absolute Gasteiger partial charge is 0.221 e. The highest BCUT2D eigenvalue weighted by Gasteiger charge is 1.98. The van der Waals surface area contributed by atoms with Gasteiger partial charge in [-0.1, -0.05) is 38.1 Å². The van der Waals surface area contributed by atoms with E-state index in [1.165, 1.54) is 12.5 Å². The van der Waals surface area contributed by atoms with Gasteiger partial charge in [0.2, 0.25) is 5.91 Å². The molecule has 1 amide bonds. The molecule has 0 aliphatic carbocycles. The van der Waals surface area contributed by atoms with Crippen LogP contribution in [0.2, 0.25) is 0 Å². The summed E-state index contributed by atoms with van der Waals surface area (Å²) < 4.78 is 0. The van der Waals surface area contributed by atoms with Crippen molar-refractivity contribution in [2.45, 2.75) is 26.7 Å². The zero-order chi connectivity index (χ0) is 15.2. The summed E-state index contributed by atoms with van der Waals surface area (Å²) in [5, 5.41) is 2.74. The molecule has 108 valence electrons. The molecule has 0 spiro atoms. The second kappa shape index (κ2) is 6.84. The van der Waals surface area contributed by atoms with Crippen LogP contribution in [-0.2, 0) is 4.79 Å². The molecule has 0 heterocycles. The molecular weight excluding hydrogens is 260 g/mol. The first-order valence-electron chi connectivity index (χ1n) is 7.06. The van der Waals surface area contributed by atoms with Crippen molar-refractivity contribution in [1.82, 2.24) is 0 Å². The lowest BCUT2D eigenvalue weighted by molar-refractivity contribution is -0.114. The summed E-state index contributed by atoms with van der Waals surface area (Å²) in [6.07, 6.45) is 1.82. The molecule has 0 fully saturated rings. The van der Waals surface area contributed by atoms with Crippen LogP contribution in [0.5, 0.6) is 0 Å². The molecule has 1 N–H and O–H groups in total. The number of aliphatic imine (C=N–C) groups is 1. The average molecular weight is 280 g/mol. The van der Waals surface area contributed by atoms with Crippen LogP contribution in [0.25, 0.3) is 0 Å². The summed E-state index contributed by atoms with van der Waals surface area (Å²) in [5.74, 6) is 0.464. The van der Waals surface area contributed by atoms with Gasteiger partial charge in [0.15, 0.2) is 0 Å². The van der Waals surface area contributed by atoms with Crippen molar-refractivity contribution in [3.63, 3.8) is 0 Å². The number of benzene rings is 2. The number of carbonyl (C=O) groups is 1. The van der Waals surface area contributed by atoms with E-state index in [1.54, 1.807) is 0 Å². The number of rotatable bonds is 4. The van der Waals surface area contributed by atoms with E-state index >= 15 is 0 Å². The molecule has 0 atom stereocenters. The van der Waals surface area contributed by atoms with Gasteiger partial charge in [-0.05, 0) is 41.3 Å². The molecule has 2 aromatic carbocycles. The van der Waals surface area contributed by atoms with Crippen molar-refractivity contribution in [1.29, 1.82) is 0 Å². The zero-order valence-corrected chi connectivity index (χ0v) is 12.6. The highest BCUT2D eigenvalue weighted by Crippen LogP contribution is 2.19. The third-order valence-corrected chi connectivity index (χ3v) is 3.15. The average Bonchev–Trinajstić information content (AvgIpc) is 2.46. The van der Waals surface area contributed by atoms with Gasteiger partial charge in [-0.3, -0.25) is 9.79 Å². The Bertz CT molecular complexity index is 625. The molecule has 0 unspecified atom stereocenters. The fraction of sp³-hybridized carbons (Fsp3) is 0.222. The van der Waals surface area contributed by atoms with Gasteiger partial charge in [-0.25, -0.2) is 0 Å². The van der Waals surface area contributed by atoms with Gasteiger partial charge in [0.25, 0.3) is 0 Å². The third kappa shape index (κ3) is 4.56. The number of amides is 1. The van der Waals surface area contributed by atoms with Crippen molar-refractivity contribution in [2.75, 3.05) is 5.32 Å². The highest BCUT2D eigenvalue weighted by atomic mass is 16.1. The largest absolute Gasteiger partial charge is 0.326 e. The first kappa shape index (κ1) is 15.0. The number of hydrogen-bond donors (Lipinski definition) is 1. The SMILES string of the molecule is CC(=O)Nc1ccc(C=Nc2ccc(C(C)C)cc2)cc1. The molecule has 0 saturated carbocycles. The van der Waals surface area contributed by atoms with E-state index in [-0.39, 0.29) is 5.91 Å². The predicted octanol–water partition coefficient (Wildman–Crippen LogP) is 4.52. The molecule has 0 aliphatic heterocycles. The van der Waals surface area contributed by atoms with Crippen molar-refractivity contribution in [3.05, 3.63) is 59.7 Å². The summed E-state index contributed by atoms with van der Waals surface area (Å²) in [6.45, 7) is 5.85. The van der Waals surface area contributed by atoms with Gasteiger partial charge < -0.3 is 5.32 Å².